The predicted octanol–water partition coefficient (Wildman–Crippen LogP) is 2.25. The van der Waals surface area contributed by atoms with E-state index in [4.69, 9.17) is 0 Å². The standard InChI is InChI=1S/C19H22N2O3S/c1-2-21(16-11-13-25(23,24)14-16)19(22)18(15-8-4-3-5-9-15)17-10-6-7-12-20-17/h3-10,12,16,18H,2,11,13-14H2,1H3. The largest absolute Gasteiger partial charge is 0.338 e. The summed E-state index contributed by atoms with van der Waals surface area (Å²) < 4.78 is 23.7. The van der Waals surface area contributed by atoms with Crippen molar-refractivity contribution in [1.29, 1.82) is 0 Å². The number of pyridine rings is 1. The number of hydrogen-bond donors (Lipinski definition) is 0. The van der Waals surface area contributed by atoms with Crippen molar-refractivity contribution in [1.82, 2.24) is 9.88 Å². The molecular weight excluding hydrogens is 336 g/mol. The van der Waals surface area contributed by atoms with Gasteiger partial charge in [-0.1, -0.05) is 36.4 Å². The highest BCUT2D eigenvalue weighted by Gasteiger charge is 2.37. The van der Waals surface area contributed by atoms with Crippen molar-refractivity contribution in [2.75, 3.05) is 18.1 Å². The highest BCUT2D eigenvalue weighted by atomic mass is 32.2. The molecule has 0 radical (unpaired) electrons. The Morgan fingerprint density at radius 3 is 2.48 bits per heavy atom. The summed E-state index contributed by atoms with van der Waals surface area (Å²) in [6.07, 6.45) is 2.18. The van der Waals surface area contributed by atoms with Crippen LogP contribution in [0.1, 0.15) is 30.5 Å². The molecule has 5 nitrogen and oxygen atoms in total. The molecule has 0 bridgehead atoms. The van der Waals surface area contributed by atoms with Gasteiger partial charge in [-0.15, -0.1) is 0 Å². The molecule has 0 N–H and O–H groups in total. The maximum Gasteiger partial charge on any atom is 0.236 e. The van der Waals surface area contributed by atoms with Gasteiger partial charge in [0.2, 0.25) is 5.91 Å². The second-order valence-corrected chi connectivity index (χ2v) is 8.51. The first-order valence-electron chi connectivity index (χ1n) is 8.48. The molecule has 1 aliphatic rings. The lowest BCUT2D eigenvalue weighted by Gasteiger charge is -2.31. The molecule has 0 saturated carbocycles. The number of aromatic nitrogens is 1. The van der Waals surface area contributed by atoms with E-state index in [0.717, 1.165) is 5.56 Å². The van der Waals surface area contributed by atoms with Crippen molar-refractivity contribution >= 4 is 15.7 Å². The van der Waals surface area contributed by atoms with Gasteiger partial charge in [0.1, 0.15) is 5.92 Å². The second kappa shape index (κ2) is 7.35. The zero-order valence-corrected chi connectivity index (χ0v) is 15.0. The summed E-state index contributed by atoms with van der Waals surface area (Å²) >= 11 is 0. The molecule has 6 heteroatoms. The van der Waals surface area contributed by atoms with Crippen LogP contribution in [0.2, 0.25) is 0 Å². The summed E-state index contributed by atoms with van der Waals surface area (Å²) in [5.41, 5.74) is 1.54. The molecule has 1 aromatic heterocycles. The van der Waals surface area contributed by atoms with Crippen molar-refractivity contribution in [3.05, 3.63) is 66.0 Å². The fraction of sp³-hybridized carbons (Fsp3) is 0.368. The first-order valence-corrected chi connectivity index (χ1v) is 10.3. The first-order chi connectivity index (χ1) is 12.0. The SMILES string of the molecule is CCN(C(=O)C(c1ccccc1)c1ccccn1)C1CCS(=O)(=O)C1. The maximum atomic E-state index is 13.4. The number of hydrogen-bond acceptors (Lipinski definition) is 4. The summed E-state index contributed by atoms with van der Waals surface area (Å²) in [5.74, 6) is -0.405. The van der Waals surface area contributed by atoms with Gasteiger partial charge in [0.25, 0.3) is 0 Å². The van der Waals surface area contributed by atoms with Gasteiger partial charge in [-0.3, -0.25) is 9.78 Å². The molecule has 1 fully saturated rings. The van der Waals surface area contributed by atoms with Gasteiger partial charge in [0.05, 0.1) is 17.2 Å². The van der Waals surface area contributed by atoms with E-state index in [-0.39, 0.29) is 23.5 Å². The molecule has 1 saturated heterocycles. The van der Waals surface area contributed by atoms with Crippen LogP contribution in [0.5, 0.6) is 0 Å². The van der Waals surface area contributed by atoms with Gasteiger partial charge in [0, 0.05) is 18.8 Å². The fourth-order valence-electron chi connectivity index (χ4n) is 3.41. The van der Waals surface area contributed by atoms with E-state index in [9.17, 15) is 13.2 Å². The molecule has 3 rings (SSSR count). The normalized spacial score (nSPS) is 20.1. The zero-order valence-electron chi connectivity index (χ0n) is 14.2. The van der Waals surface area contributed by atoms with Gasteiger partial charge < -0.3 is 4.90 Å². The van der Waals surface area contributed by atoms with Crippen molar-refractivity contribution in [3.8, 4) is 0 Å². The van der Waals surface area contributed by atoms with E-state index >= 15 is 0 Å². The number of carbonyl (C=O) groups is 1. The molecule has 0 aliphatic carbocycles. The van der Waals surface area contributed by atoms with Gasteiger partial charge in [0.15, 0.2) is 9.84 Å². The van der Waals surface area contributed by atoms with Crippen LogP contribution in [0.15, 0.2) is 54.7 Å². The monoisotopic (exact) mass is 358 g/mol. The Balaban J connectivity index is 1.96. The molecular formula is C19H22N2O3S. The summed E-state index contributed by atoms with van der Waals surface area (Å²) in [5, 5.41) is 0. The van der Waals surface area contributed by atoms with Gasteiger partial charge >= 0.3 is 0 Å². The van der Waals surface area contributed by atoms with Gasteiger partial charge in [-0.2, -0.15) is 0 Å². The van der Waals surface area contributed by atoms with Crippen LogP contribution in [0.3, 0.4) is 0 Å². The third-order valence-electron chi connectivity index (χ3n) is 4.64. The third kappa shape index (κ3) is 3.90. The number of nitrogens with zero attached hydrogens (tertiary/aromatic N) is 2. The Kier molecular flexibility index (Phi) is 5.18. The third-order valence-corrected chi connectivity index (χ3v) is 6.39. The Morgan fingerprint density at radius 2 is 1.92 bits per heavy atom. The predicted molar refractivity (Wildman–Crippen MR) is 97.0 cm³/mol. The lowest BCUT2D eigenvalue weighted by Crippen LogP contribution is -2.43. The van der Waals surface area contributed by atoms with E-state index in [0.29, 0.717) is 18.7 Å². The summed E-state index contributed by atoms with van der Waals surface area (Å²) in [4.78, 5) is 19.5. The minimum absolute atomic E-state index is 0.0519. The summed E-state index contributed by atoms with van der Waals surface area (Å²) in [6.45, 7) is 2.37. The van der Waals surface area contributed by atoms with Crippen molar-refractivity contribution in [2.24, 2.45) is 0 Å². The average molecular weight is 358 g/mol. The van der Waals surface area contributed by atoms with Crippen LogP contribution in [0.25, 0.3) is 0 Å². The number of carbonyl (C=O) groups excluding carboxylic acids is 1. The van der Waals surface area contributed by atoms with Crippen LogP contribution in [0.4, 0.5) is 0 Å². The maximum absolute atomic E-state index is 13.4. The number of benzene rings is 1. The number of rotatable bonds is 5. The minimum atomic E-state index is -3.05. The molecule has 2 atom stereocenters. The van der Waals surface area contributed by atoms with E-state index in [1.807, 2.05) is 55.5 Å². The molecule has 0 spiro atoms. The van der Waals surface area contributed by atoms with Crippen LogP contribution in [0, 0.1) is 0 Å². The van der Waals surface area contributed by atoms with Gasteiger partial charge in [-0.25, -0.2) is 8.42 Å². The zero-order chi connectivity index (χ0) is 17.9. The van der Waals surface area contributed by atoms with E-state index in [1.54, 1.807) is 11.1 Å². The van der Waals surface area contributed by atoms with E-state index in [1.165, 1.54) is 0 Å². The van der Waals surface area contributed by atoms with Crippen LogP contribution in [-0.4, -0.2) is 48.3 Å². The Bertz CT molecular complexity index is 783. The number of likely N-dealkylation sites (N-methyl/N-ethyl adjacent to an activating group) is 1. The molecule has 25 heavy (non-hydrogen) atoms. The van der Waals surface area contributed by atoms with E-state index in [2.05, 4.69) is 4.98 Å². The number of amides is 1. The van der Waals surface area contributed by atoms with Crippen molar-refractivity contribution in [2.45, 2.75) is 25.3 Å². The molecule has 1 aromatic carbocycles. The lowest BCUT2D eigenvalue weighted by atomic mass is 9.93. The van der Waals surface area contributed by atoms with E-state index < -0.39 is 15.8 Å². The van der Waals surface area contributed by atoms with Crippen LogP contribution >= 0.6 is 0 Å². The van der Waals surface area contributed by atoms with Crippen molar-refractivity contribution < 1.29 is 13.2 Å². The molecule has 2 aromatic rings. The Hall–Kier alpha value is -2.21. The van der Waals surface area contributed by atoms with Crippen molar-refractivity contribution in [3.63, 3.8) is 0 Å². The Morgan fingerprint density at radius 1 is 1.20 bits per heavy atom. The minimum Gasteiger partial charge on any atom is -0.338 e. The average Bonchev–Trinajstić information content (AvgIpc) is 2.97. The van der Waals surface area contributed by atoms with Crippen LogP contribution < -0.4 is 0 Å². The quantitative estimate of drug-likeness (QED) is 0.822. The Labute approximate surface area is 148 Å². The topological polar surface area (TPSA) is 67.3 Å². The molecule has 1 amide bonds. The molecule has 2 unspecified atom stereocenters. The molecule has 132 valence electrons. The fourth-order valence-corrected chi connectivity index (χ4v) is 5.14. The summed E-state index contributed by atoms with van der Waals surface area (Å²) in [6, 6.07) is 14.8. The van der Waals surface area contributed by atoms with Gasteiger partial charge in [-0.05, 0) is 31.0 Å². The first kappa shape index (κ1) is 17.6. The second-order valence-electron chi connectivity index (χ2n) is 6.28. The number of sulfone groups is 1. The summed E-state index contributed by atoms with van der Waals surface area (Å²) in [7, 11) is -3.05. The lowest BCUT2D eigenvalue weighted by molar-refractivity contribution is -0.133. The smallest absolute Gasteiger partial charge is 0.236 e. The molecule has 1 aliphatic heterocycles. The highest BCUT2D eigenvalue weighted by Crippen LogP contribution is 2.28. The molecule has 2 heterocycles. The van der Waals surface area contributed by atoms with Crippen LogP contribution in [-0.2, 0) is 14.6 Å². The highest BCUT2D eigenvalue weighted by molar-refractivity contribution is 7.91.